The molecule has 4 aromatic rings. The third-order valence-electron chi connectivity index (χ3n) is 13.3. The highest BCUT2D eigenvalue weighted by Gasteiger charge is 2.27. The molecule has 29 nitrogen and oxygen atoms in total. The molecular formula is C54H67N11O18. The standard InChI is InChI=1S/C54H67N11O18/c55-12-23-82-25-26-83-24-19-62-52(79)36-6-8-38(46(73)44(36)71)54(81)64-28-30-27-63-53(80)37-7-5-35(43(70)45(37)72)51(78)61-18-22-65-20-16-59-49(76)33-3-1-31(39(66)41(33)68)47(74)57-14-10-29(9-13-56-30)11-15-58-48(75)32-2-4-34(42(69)40(32)67)50(77)60-17-21-65/h1-8,29,66-73H,9-28,55H2,(H,57,74)(H,58,75)(H,59,76)(H,60,77)(H,61,78)(H,62,79)(H,63,80)(H,64,81)/b56-30+. The van der Waals surface area contributed by atoms with Crippen molar-refractivity contribution in [3.8, 4) is 46.0 Å². The second kappa shape index (κ2) is 30.4. The van der Waals surface area contributed by atoms with Crippen molar-refractivity contribution >= 4 is 53.0 Å². The van der Waals surface area contributed by atoms with Crippen molar-refractivity contribution in [1.82, 2.24) is 47.4 Å². The summed E-state index contributed by atoms with van der Waals surface area (Å²) in [5.74, 6) is -14.6. The van der Waals surface area contributed by atoms with Crippen LogP contribution >= 0.6 is 0 Å². The minimum atomic E-state index is -0.961. The lowest BCUT2D eigenvalue weighted by atomic mass is 9.97. The number of nitrogens with two attached hydrogens (primary N) is 1. The quantitative estimate of drug-likeness (QED) is 0.0586. The number of nitrogens with zero attached hydrogens (tertiary/aromatic N) is 2. The lowest BCUT2D eigenvalue weighted by Crippen LogP contribution is -2.43. The topological polar surface area (TPSA) is 455 Å². The number of aliphatic imine (C=N–C) groups is 1. The first kappa shape index (κ1) is 62.7. The lowest BCUT2D eigenvalue weighted by molar-refractivity contribution is 0.0511. The number of hydrogen-bond acceptors (Lipinski definition) is 21. The summed E-state index contributed by atoms with van der Waals surface area (Å²) in [4.78, 5) is 113. The van der Waals surface area contributed by atoms with Crippen molar-refractivity contribution in [2.45, 2.75) is 19.3 Å². The Morgan fingerprint density at radius 3 is 1.24 bits per heavy atom. The van der Waals surface area contributed by atoms with Gasteiger partial charge in [-0.15, -0.1) is 0 Å². The van der Waals surface area contributed by atoms with Crippen molar-refractivity contribution in [1.29, 1.82) is 0 Å². The number of phenolic OH excluding ortho intramolecular Hbond substituents is 8. The van der Waals surface area contributed by atoms with Crippen LogP contribution in [0.2, 0.25) is 0 Å². The van der Waals surface area contributed by atoms with Crippen LogP contribution in [0.15, 0.2) is 53.5 Å². The van der Waals surface area contributed by atoms with E-state index in [9.17, 15) is 79.2 Å². The molecule has 8 bridgehead atoms. The highest BCUT2D eigenvalue weighted by Crippen LogP contribution is 2.36. The Kier molecular flexibility index (Phi) is 23.0. The summed E-state index contributed by atoms with van der Waals surface area (Å²) in [5, 5.41) is 108. The van der Waals surface area contributed by atoms with Gasteiger partial charge in [0.05, 0.1) is 89.7 Å². The fourth-order valence-electron chi connectivity index (χ4n) is 8.66. The summed E-state index contributed by atoms with van der Waals surface area (Å²) in [5.41, 5.74) is 2.27. The molecule has 0 spiro atoms. The van der Waals surface area contributed by atoms with Crippen molar-refractivity contribution in [3.05, 3.63) is 93.0 Å². The summed E-state index contributed by atoms with van der Waals surface area (Å²) < 4.78 is 10.6. The Hall–Kier alpha value is -9.45. The normalized spacial score (nSPS) is 18.0. The van der Waals surface area contributed by atoms with Crippen molar-refractivity contribution in [2.24, 2.45) is 16.6 Å². The second-order valence-corrected chi connectivity index (χ2v) is 18.9. The molecule has 0 aliphatic carbocycles. The number of rotatable bonds is 12. The predicted octanol–water partition coefficient (Wildman–Crippen LogP) is -1.18. The zero-order valence-electron chi connectivity index (χ0n) is 45.0. The molecule has 4 aromatic carbocycles. The Bertz CT molecular complexity index is 3010. The summed E-state index contributed by atoms with van der Waals surface area (Å²) in [7, 11) is 0. The van der Waals surface area contributed by atoms with Gasteiger partial charge in [0, 0.05) is 72.0 Å². The predicted molar refractivity (Wildman–Crippen MR) is 295 cm³/mol. The largest absolute Gasteiger partial charge is 0.504 e. The Labute approximate surface area is 474 Å². The van der Waals surface area contributed by atoms with Gasteiger partial charge in [0.1, 0.15) is 0 Å². The molecule has 0 aromatic heterocycles. The molecule has 446 valence electrons. The van der Waals surface area contributed by atoms with Crippen LogP contribution in [0, 0.1) is 5.92 Å². The first-order valence-electron chi connectivity index (χ1n) is 26.4. The van der Waals surface area contributed by atoms with E-state index >= 15 is 0 Å². The third-order valence-corrected chi connectivity index (χ3v) is 13.3. The van der Waals surface area contributed by atoms with E-state index in [4.69, 9.17) is 15.2 Å². The van der Waals surface area contributed by atoms with Crippen LogP contribution in [0.4, 0.5) is 0 Å². The van der Waals surface area contributed by atoms with Crippen molar-refractivity contribution in [3.63, 3.8) is 0 Å². The molecule has 18 N–H and O–H groups in total. The number of aromatic hydroxyl groups is 8. The third kappa shape index (κ3) is 16.8. The maximum absolute atomic E-state index is 13.6. The SMILES string of the molecule is NCCOCCOCCNC(=O)c1ccc(C(=O)NC/C2=N/CCC3CCNC(=O)c4ccc(c(O)c4O)C(=O)NCCN(CCNC(=O)c4ccc(c(O)c4O)C(=O)NCC3)CCNC(=O)c3ccc(c(O)c3O)C(=O)NC2)c(O)c1O. The zero-order chi connectivity index (χ0) is 60.2. The second-order valence-electron chi connectivity index (χ2n) is 18.9. The van der Waals surface area contributed by atoms with Gasteiger partial charge in [0.15, 0.2) is 46.0 Å². The van der Waals surface area contributed by atoms with Gasteiger partial charge in [-0.05, 0) is 73.7 Å². The number of phenols is 8. The number of ether oxygens (including phenoxy) is 2. The highest BCUT2D eigenvalue weighted by atomic mass is 16.5. The van der Waals surface area contributed by atoms with E-state index in [2.05, 4.69) is 47.5 Å². The maximum Gasteiger partial charge on any atom is 0.255 e. The summed E-state index contributed by atoms with van der Waals surface area (Å²) in [6, 6.07) is 8.93. The molecule has 29 heteroatoms. The monoisotopic (exact) mass is 1160 g/mol. The number of hydrogen-bond donors (Lipinski definition) is 17. The van der Waals surface area contributed by atoms with Gasteiger partial charge in [0.25, 0.3) is 47.3 Å². The molecule has 83 heavy (non-hydrogen) atoms. The maximum atomic E-state index is 13.6. The molecule has 12 heterocycles. The molecule has 0 atom stereocenters. The molecule has 8 amide bonds. The number of nitrogens with one attached hydrogen (secondary N) is 8. The summed E-state index contributed by atoms with van der Waals surface area (Å²) >= 11 is 0. The molecule has 12 aliphatic heterocycles. The molecule has 16 rings (SSSR count). The van der Waals surface area contributed by atoms with Crippen LogP contribution in [-0.4, -0.2) is 210 Å². The minimum Gasteiger partial charge on any atom is -0.504 e. The molecular weight excluding hydrogens is 1090 g/mol. The van der Waals surface area contributed by atoms with E-state index < -0.39 is 129 Å². The first-order chi connectivity index (χ1) is 39.8. The smallest absolute Gasteiger partial charge is 0.255 e. The Balaban J connectivity index is 1.30. The summed E-state index contributed by atoms with van der Waals surface area (Å²) in [6.45, 7) is 0.00527. The van der Waals surface area contributed by atoms with Crippen LogP contribution in [0.3, 0.4) is 0 Å². The minimum absolute atomic E-state index is 0.0149. The average molecular weight is 1160 g/mol. The Morgan fingerprint density at radius 2 is 0.843 bits per heavy atom. The lowest BCUT2D eigenvalue weighted by Gasteiger charge is -2.23. The average Bonchev–Trinajstić information content (AvgIpc) is 3.67. The molecule has 0 saturated carbocycles. The van der Waals surface area contributed by atoms with Crippen LogP contribution < -0.4 is 48.3 Å². The van der Waals surface area contributed by atoms with Crippen molar-refractivity contribution < 1.29 is 88.7 Å². The number of benzene rings is 4. The van der Waals surface area contributed by atoms with E-state index in [0.29, 0.717) is 13.2 Å². The number of carbonyl (C=O) groups is 8. The van der Waals surface area contributed by atoms with Crippen LogP contribution in [0.25, 0.3) is 0 Å². The van der Waals surface area contributed by atoms with Crippen LogP contribution in [0.1, 0.15) is 102 Å². The molecule has 12 aliphatic rings. The molecule has 0 saturated heterocycles. The van der Waals surface area contributed by atoms with E-state index in [1.165, 1.54) is 0 Å². The van der Waals surface area contributed by atoms with E-state index in [1.807, 2.05) is 0 Å². The summed E-state index contributed by atoms with van der Waals surface area (Å²) in [6.07, 6.45) is 0.519. The van der Waals surface area contributed by atoms with E-state index in [0.717, 1.165) is 48.5 Å². The van der Waals surface area contributed by atoms with Gasteiger partial charge < -0.3 is 98.6 Å². The van der Waals surface area contributed by atoms with Gasteiger partial charge in [-0.2, -0.15) is 0 Å². The van der Waals surface area contributed by atoms with Gasteiger partial charge in [-0.1, -0.05) is 0 Å². The van der Waals surface area contributed by atoms with Crippen molar-refractivity contribution in [2.75, 3.05) is 112 Å². The fourth-order valence-corrected chi connectivity index (χ4v) is 8.66. The number of carbonyl (C=O) groups excluding carboxylic acids is 8. The van der Waals surface area contributed by atoms with Gasteiger partial charge in [0.2, 0.25) is 0 Å². The zero-order valence-corrected chi connectivity index (χ0v) is 45.0. The molecule has 0 fully saturated rings. The van der Waals surface area contributed by atoms with E-state index in [-0.39, 0.29) is 138 Å². The molecule has 0 radical (unpaired) electrons. The Morgan fingerprint density at radius 1 is 0.482 bits per heavy atom. The molecule has 0 unspecified atom stereocenters. The van der Waals surface area contributed by atoms with Gasteiger partial charge in [-0.3, -0.25) is 48.2 Å². The fraction of sp³-hybridized carbons (Fsp3) is 0.389. The first-order valence-corrected chi connectivity index (χ1v) is 26.4. The number of amides is 8. The van der Waals surface area contributed by atoms with E-state index in [1.54, 1.807) is 4.90 Å². The van der Waals surface area contributed by atoms with Gasteiger partial charge in [-0.25, -0.2) is 0 Å². The van der Waals surface area contributed by atoms with Crippen LogP contribution in [0.5, 0.6) is 46.0 Å². The highest BCUT2D eigenvalue weighted by molar-refractivity contribution is 6.07. The van der Waals surface area contributed by atoms with Crippen LogP contribution in [-0.2, 0) is 9.47 Å². The van der Waals surface area contributed by atoms with Gasteiger partial charge >= 0.3 is 0 Å².